The van der Waals surface area contributed by atoms with Crippen LogP contribution in [0.5, 0.6) is 0 Å². The minimum Gasteiger partial charge on any atom is -0.336 e. The minimum atomic E-state index is -0.492. The summed E-state index contributed by atoms with van der Waals surface area (Å²) in [7, 11) is 0. The summed E-state index contributed by atoms with van der Waals surface area (Å²) in [6.07, 6.45) is 0.656. The van der Waals surface area contributed by atoms with Gasteiger partial charge in [0, 0.05) is 22.4 Å². The highest BCUT2D eigenvalue weighted by Crippen LogP contribution is 2.28. The van der Waals surface area contributed by atoms with E-state index in [4.69, 9.17) is 0 Å². The fourth-order valence-electron chi connectivity index (χ4n) is 3.11. The van der Waals surface area contributed by atoms with Crippen LogP contribution < -0.4 is 16.2 Å². The number of hydrogen-bond donors (Lipinski definition) is 3. The third kappa shape index (κ3) is 6.03. The van der Waals surface area contributed by atoms with Crippen LogP contribution in [0.3, 0.4) is 0 Å². The van der Waals surface area contributed by atoms with Crippen LogP contribution in [0.4, 0.5) is 9.18 Å². The Kier molecular flexibility index (Phi) is 7.11. The quantitative estimate of drug-likeness (QED) is 0.333. The standard InChI is InChI=1S/C24H21FN4O2S2/c1-15-27-20(14-32-15)17-4-2-16(3-5-17)12-13-26-24(31)29-28-23(30)22-11-10-21(33-22)18-6-8-19(25)9-7-18/h2-11,14H,12-13H2,1H3,(H,28,30)(H2,26,29,31). The Hall–Kier alpha value is -3.56. The highest BCUT2D eigenvalue weighted by Gasteiger charge is 2.11. The predicted molar refractivity (Wildman–Crippen MR) is 130 cm³/mol. The molecule has 0 spiro atoms. The van der Waals surface area contributed by atoms with Gasteiger partial charge in [-0.25, -0.2) is 19.6 Å². The Morgan fingerprint density at radius 3 is 2.36 bits per heavy atom. The number of carbonyl (C=O) groups excluding carboxylic acids is 2. The van der Waals surface area contributed by atoms with Crippen molar-refractivity contribution < 1.29 is 14.0 Å². The molecule has 2 aromatic carbocycles. The maximum absolute atomic E-state index is 13.1. The van der Waals surface area contributed by atoms with Gasteiger partial charge < -0.3 is 5.32 Å². The van der Waals surface area contributed by atoms with Gasteiger partial charge in [0.2, 0.25) is 0 Å². The van der Waals surface area contributed by atoms with Crippen molar-refractivity contribution in [2.75, 3.05) is 6.54 Å². The molecule has 0 unspecified atom stereocenters. The van der Waals surface area contributed by atoms with Crippen molar-refractivity contribution in [3.63, 3.8) is 0 Å². The lowest BCUT2D eigenvalue weighted by Crippen LogP contribution is -2.47. The summed E-state index contributed by atoms with van der Waals surface area (Å²) in [6.45, 7) is 2.40. The SMILES string of the molecule is Cc1nc(-c2ccc(CCNC(=O)NNC(=O)c3ccc(-c4ccc(F)cc4)s3)cc2)cs1. The van der Waals surface area contributed by atoms with Gasteiger partial charge in [-0.1, -0.05) is 36.4 Å². The zero-order chi connectivity index (χ0) is 23.2. The van der Waals surface area contributed by atoms with Crippen molar-refractivity contribution in [1.29, 1.82) is 0 Å². The number of carbonyl (C=O) groups is 2. The summed E-state index contributed by atoms with van der Waals surface area (Å²) < 4.78 is 13.1. The molecule has 6 nitrogen and oxygen atoms in total. The molecule has 4 rings (SSSR count). The van der Waals surface area contributed by atoms with E-state index in [0.29, 0.717) is 17.8 Å². The number of urea groups is 1. The summed E-state index contributed by atoms with van der Waals surface area (Å²) in [5.74, 6) is -0.734. The normalized spacial score (nSPS) is 10.6. The molecule has 3 amide bonds. The number of amides is 3. The van der Waals surface area contributed by atoms with Gasteiger partial charge in [0.25, 0.3) is 5.91 Å². The smallest absolute Gasteiger partial charge is 0.333 e. The molecule has 0 bridgehead atoms. The lowest BCUT2D eigenvalue weighted by molar-refractivity contribution is 0.0940. The monoisotopic (exact) mass is 480 g/mol. The van der Waals surface area contributed by atoms with Crippen LogP contribution >= 0.6 is 22.7 Å². The molecule has 9 heteroatoms. The van der Waals surface area contributed by atoms with Crippen molar-refractivity contribution in [1.82, 2.24) is 21.2 Å². The summed E-state index contributed by atoms with van der Waals surface area (Å²) in [4.78, 5) is 30.0. The van der Waals surface area contributed by atoms with Gasteiger partial charge in [-0.05, 0) is 48.7 Å². The predicted octanol–water partition coefficient (Wildman–Crippen LogP) is 5.17. The van der Waals surface area contributed by atoms with Crippen LogP contribution in [0.2, 0.25) is 0 Å². The molecule has 0 atom stereocenters. The van der Waals surface area contributed by atoms with Crippen LogP contribution in [-0.4, -0.2) is 23.5 Å². The number of thiazole rings is 1. The third-order valence-electron chi connectivity index (χ3n) is 4.82. The molecule has 3 N–H and O–H groups in total. The summed E-state index contributed by atoms with van der Waals surface area (Å²) >= 11 is 2.88. The van der Waals surface area contributed by atoms with Gasteiger partial charge in [-0.3, -0.25) is 10.2 Å². The average molecular weight is 481 g/mol. The number of aryl methyl sites for hydroxylation is 1. The van der Waals surface area contributed by atoms with E-state index in [0.717, 1.165) is 32.3 Å². The molecule has 0 radical (unpaired) electrons. The van der Waals surface area contributed by atoms with Crippen LogP contribution in [0.15, 0.2) is 66.0 Å². The van der Waals surface area contributed by atoms with Gasteiger partial charge in [0.05, 0.1) is 15.6 Å². The third-order valence-corrected chi connectivity index (χ3v) is 6.72. The van der Waals surface area contributed by atoms with Crippen molar-refractivity contribution in [3.8, 4) is 21.7 Å². The van der Waals surface area contributed by atoms with E-state index in [1.54, 1.807) is 35.6 Å². The molecular formula is C24H21FN4O2S2. The van der Waals surface area contributed by atoms with Crippen LogP contribution in [-0.2, 0) is 6.42 Å². The average Bonchev–Trinajstić information content (AvgIpc) is 3.48. The number of hydrazine groups is 1. The topological polar surface area (TPSA) is 83.1 Å². The first-order valence-electron chi connectivity index (χ1n) is 10.2. The van der Waals surface area contributed by atoms with E-state index in [1.165, 1.54) is 23.5 Å². The number of nitrogens with zero attached hydrogens (tertiary/aromatic N) is 1. The van der Waals surface area contributed by atoms with Gasteiger partial charge in [0.15, 0.2) is 0 Å². The molecule has 0 aliphatic rings. The van der Waals surface area contributed by atoms with Crippen LogP contribution in [0.1, 0.15) is 20.2 Å². The number of rotatable bonds is 6. The van der Waals surface area contributed by atoms with Crippen molar-refractivity contribution in [3.05, 3.63) is 87.3 Å². The van der Waals surface area contributed by atoms with Gasteiger partial charge in [-0.15, -0.1) is 22.7 Å². The highest BCUT2D eigenvalue weighted by atomic mass is 32.1. The van der Waals surface area contributed by atoms with Crippen molar-refractivity contribution >= 4 is 34.6 Å². The molecule has 4 aromatic rings. The Morgan fingerprint density at radius 1 is 0.939 bits per heavy atom. The van der Waals surface area contributed by atoms with E-state index >= 15 is 0 Å². The number of nitrogens with one attached hydrogen (secondary N) is 3. The second-order valence-electron chi connectivity index (χ2n) is 7.20. The minimum absolute atomic E-state index is 0.314. The number of thiophene rings is 1. The first kappa shape index (κ1) is 22.6. The van der Waals surface area contributed by atoms with E-state index in [2.05, 4.69) is 21.2 Å². The molecule has 0 aliphatic carbocycles. The molecule has 0 saturated heterocycles. The zero-order valence-corrected chi connectivity index (χ0v) is 19.4. The highest BCUT2D eigenvalue weighted by molar-refractivity contribution is 7.17. The lowest BCUT2D eigenvalue weighted by atomic mass is 10.1. The number of aromatic nitrogens is 1. The first-order valence-corrected chi connectivity index (χ1v) is 11.9. The molecule has 33 heavy (non-hydrogen) atoms. The van der Waals surface area contributed by atoms with Gasteiger partial charge >= 0.3 is 6.03 Å². The zero-order valence-electron chi connectivity index (χ0n) is 17.7. The molecule has 0 saturated carbocycles. The molecule has 0 aliphatic heterocycles. The molecule has 2 aromatic heterocycles. The van der Waals surface area contributed by atoms with Crippen LogP contribution in [0.25, 0.3) is 21.7 Å². The Bertz CT molecular complexity index is 1250. The maximum Gasteiger partial charge on any atom is 0.333 e. The molecular weight excluding hydrogens is 459 g/mol. The van der Waals surface area contributed by atoms with E-state index < -0.39 is 11.9 Å². The Labute approximate surface area is 198 Å². The Balaban J connectivity index is 1.20. The largest absolute Gasteiger partial charge is 0.336 e. The van der Waals surface area contributed by atoms with Crippen molar-refractivity contribution in [2.45, 2.75) is 13.3 Å². The number of benzene rings is 2. The van der Waals surface area contributed by atoms with Crippen LogP contribution in [0, 0.1) is 12.7 Å². The van der Waals surface area contributed by atoms with E-state index in [1.807, 2.05) is 36.6 Å². The number of hydrogen-bond acceptors (Lipinski definition) is 5. The second kappa shape index (κ2) is 10.4. The Morgan fingerprint density at radius 2 is 1.67 bits per heavy atom. The lowest BCUT2D eigenvalue weighted by Gasteiger charge is -2.08. The summed E-state index contributed by atoms with van der Waals surface area (Å²) in [6, 6.07) is 17.1. The fraction of sp³-hybridized carbons (Fsp3) is 0.125. The van der Waals surface area contributed by atoms with E-state index in [-0.39, 0.29) is 5.82 Å². The maximum atomic E-state index is 13.1. The molecule has 2 heterocycles. The number of halogens is 1. The molecule has 0 fully saturated rings. The van der Waals surface area contributed by atoms with Gasteiger partial charge in [0.1, 0.15) is 5.82 Å². The summed E-state index contributed by atoms with van der Waals surface area (Å²) in [5, 5.41) is 5.78. The summed E-state index contributed by atoms with van der Waals surface area (Å²) in [5.41, 5.74) is 8.68. The first-order chi connectivity index (χ1) is 16.0. The van der Waals surface area contributed by atoms with Gasteiger partial charge in [-0.2, -0.15) is 0 Å². The van der Waals surface area contributed by atoms with E-state index in [9.17, 15) is 14.0 Å². The van der Waals surface area contributed by atoms with Crippen molar-refractivity contribution in [2.24, 2.45) is 0 Å². The molecule has 168 valence electrons. The second-order valence-corrected chi connectivity index (χ2v) is 9.35. The fourth-order valence-corrected chi connectivity index (χ4v) is 4.64.